The van der Waals surface area contributed by atoms with E-state index in [1.54, 1.807) is 36.7 Å². The highest BCUT2D eigenvalue weighted by atomic mass is 16.5. The Balaban J connectivity index is 1.61. The molecule has 7 nitrogen and oxygen atoms in total. The van der Waals surface area contributed by atoms with E-state index in [9.17, 15) is 9.90 Å². The molecule has 0 saturated heterocycles. The van der Waals surface area contributed by atoms with Crippen molar-refractivity contribution in [2.24, 2.45) is 0 Å². The zero-order valence-electron chi connectivity index (χ0n) is 14.8. The van der Waals surface area contributed by atoms with Gasteiger partial charge in [-0.1, -0.05) is 36.4 Å². The van der Waals surface area contributed by atoms with E-state index in [-0.39, 0.29) is 5.69 Å². The third-order valence-electron chi connectivity index (χ3n) is 4.04. The van der Waals surface area contributed by atoms with Crippen molar-refractivity contribution in [2.75, 3.05) is 0 Å². The molecular formula is C21H16N4O3. The van der Waals surface area contributed by atoms with Crippen LogP contribution in [-0.4, -0.2) is 30.8 Å². The minimum absolute atomic E-state index is 0.0770. The van der Waals surface area contributed by atoms with E-state index in [4.69, 9.17) is 4.74 Å². The first-order valence-electron chi connectivity index (χ1n) is 8.58. The number of hydrogen-bond acceptors (Lipinski definition) is 5. The number of rotatable bonds is 6. The quantitative estimate of drug-likeness (QED) is 0.556. The van der Waals surface area contributed by atoms with Gasteiger partial charge in [-0.05, 0) is 29.8 Å². The lowest BCUT2D eigenvalue weighted by Gasteiger charge is -2.08. The van der Waals surface area contributed by atoms with E-state index in [1.807, 2.05) is 36.4 Å². The Morgan fingerprint density at radius 1 is 1.00 bits per heavy atom. The second-order valence-corrected chi connectivity index (χ2v) is 5.97. The molecule has 1 aromatic carbocycles. The summed E-state index contributed by atoms with van der Waals surface area (Å²) in [6.07, 6.45) is 3.23. The van der Waals surface area contributed by atoms with Crippen LogP contribution in [0.4, 0.5) is 0 Å². The summed E-state index contributed by atoms with van der Waals surface area (Å²) in [5, 5.41) is 13.4. The van der Waals surface area contributed by atoms with Crippen molar-refractivity contribution in [3.8, 4) is 23.0 Å². The molecule has 4 rings (SSSR count). The van der Waals surface area contributed by atoms with Gasteiger partial charge in [0.25, 0.3) is 0 Å². The average molecular weight is 372 g/mol. The van der Waals surface area contributed by atoms with Gasteiger partial charge in [0.05, 0.1) is 17.6 Å². The second kappa shape index (κ2) is 7.71. The number of hydrogen-bond donors (Lipinski definition) is 1. The van der Waals surface area contributed by atoms with Crippen LogP contribution in [0.1, 0.15) is 16.1 Å². The number of carboxylic acid groups (broad SMARTS) is 1. The smallest absolute Gasteiger partial charge is 0.356 e. The molecule has 0 aliphatic heterocycles. The van der Waals surface area contributed by atoms with Gasteiger partial charge in [0, 0.05) is 12.3 Å². The molecule has 0 saturated carbocycles. The van der Waals surface area contributed by atoms with Crippen LogP contribution in [0.15, 0.2) is 79.1 Å². The molecule has 0 aliphatic rings. The van der Waals surface area contributed by atoms with Crippen molar-refractivity contribution in [1.29, 1.82) is 0 Å². The molecule has 1 N–H and O–H groups in total. The molecule has 0 atom stereocenters. The van der Waals surface area contributed by atoms with Crippen LogP contribution in [0, 0.1) is 0 Å². The molecule has 0 unspecified atom stereocenters. The van der Waals surface area contributed by atoms with Crippen LogP contribution < -0.4 is 4.74 Å². The molecule has 0 radical (unpaired) electrons. The van der Waals surface area contributed by atoms with E-state index >= 15 is 0 Å². The lowest BCUT2D eigenvalue weighted by molar-refractivity contribution is 0.0690. The zero-order chi connectivity index (χ0) is 19.3. The van der Waals surface area contributed by atoms with Crippen LogP contribution in [0.5, 0.6) is 5.75 Å². The Morgan fingerprint density at radius 3 is 2.50 bits per heavy atom. The van der Waals surface area contributed by atoms with Gasteiger partial charge in [-0.3, -0.25) is 4.98 Å². The maximum atomic E-state index is 11.4. The fourth-order valence-corrected chi connectivity index (χ4v) is 2.68. The molecule has 0 fully saturated rings. The Labute approximate surface area is 160 Å². The molecule has 3 heterocycles. The third-order valence-corrected chi connectivity index (χ3v) is 4.04. The number of aromatic carboxylic acids is 1. The van der Waals surface area contributed by atoms with Crippen molar-refractivity contribution in [3.63, 3.8) is 0 Å². The van der Waals surface area contributed by atoms with Gasteiger partial charge < -0.3 is 9.84 Å². The highest BCUT2D eigenvalue weighted by molar-refractivity contribution is 5.87. The summed E-state index contributed by atoms with van der Waals surface area (Å²) in [7, 11) is 0. The highest BCUT2D eigenvalue weighted by Crippen LogP contribution is 2.23. The molecular weight excluding hydrogens is 356 g/mol. The SMILES string of the molecule is O=C(O)c1cc(-c2ccc(OCc3ccccc3)cn2)n(-c2ccccn2)n1. The average Bonchev–Trinajstić information content (AvgIpc) is 3.20. The summed E-state index contributed by atoms with van der Waals surface area (Å²) in [5.74, 6) is 0.0184. The van der Waals surface area contributed by atoms with Gasteiger partial charge >= 0.3 is 5.97 Å². The molecule has 0 spiro atoms. The minimum Gasteiger partial charge on any atom is -0.487 e. The van der Waals surface area contributed by atoms with Gasteiger partial charge in [-0.2, -0.15) is 5.10 Å². The molecule has 0 amide bonds. The first-order chi connectivity index (χ1) is 13.7. The van der Waals surface area contributed by atoms with Crippen LogP contribution in [-0.2, 0) is 6.61 Å². The van der Waals surface area contributed by atoms with Gasteiger partial charge in [0.1, 0.15) is 12.4 Å². The monoisotopic (exact) mass is 372 g/mol. The minimum atomic E-state index is -1.11. The van der Waals surface area contributed by atoms with Crippen molar-refractivity contribution in [1.82, 2.24) is 19.7 Å². The fourth-order valence-electron chi connectivity index (χ4n) is 2.68. The van der Waals surface area contributed by atoms with E-state index in [1.165, 1.54) is 10.7 Å². The molecule has 0 bridgehead atoms. The molecule has 138 valence electrons. The number of pyridine rings is 2. The van der Waals surface area contributed by atoms with Gasteiger partial charge in [0.15, 0.2) is 11.5 Å². The lowest BCUT2D eigenvalue weighted by atomic mass is 10.2. The largest absolute Gasteiger partial charge is 0.487 e. The second-order valence-electron chi connectivity index (χ2n) is 5.97. The highest BCUT2D eigenvalue weighted by Gasteiger charge is 2.17. The molecule has 28 heavy (non-hydrogen) atoms. The lowest BCUT2D eigenvalue weighted by Crippen LogP contribution is -2.04. The number of benzene rings is 1. The normalized spacial score (nSPS) is 10.6. The maximum absolute atomic E-state index is 11.4. The van der Waals surface area contributed by atoms with Crippen molar-refractivity contribution < 1.29 is 14.6 Å². The van der Waals surface area contributed by atoms with Gasteiger partial charge in [0.2, 0.25) is 0 Å². The summed E-state index contributed by atoms with van der Waals surface area (Å²) in [4.78, 5) is 20.0. The first-order valence-corrected chi connectivity index (χ1v) is 8.58. The summed E-state index contributed by atoms with van der Waals surface area (Å²) in [6.45, 7) is 0.441. The standard InChI is InChI=1S/C21H16N4O3/c26-21(27)18-12-19(25(24-18)20-8-4-5-11-22-20)17-10-9-16(13-23-17)28-14-15-6-2-1-3-7-15/h1-13H,14H2,(H,26,27). The Bertz CT molecular complexity index is 1080. The van der Waals surface area contributed by atoms with Crippen LogP contribution in [0.3, 0.4) is 0 Å². The predicted molar refractivity (Wildman–Crippen MR) is 102 cm³/mol. The van der Waals surface area contributed by atoms with E-state index in [0.717, 1.165) is 5.56 Å². The predicted octanol–water partition coefficient (Wildman–Crippen LogP) is 3.61. The molecule has 7 heteroatoms. The molecule has 0 aliphatic carbocycles. The van der Waals surface area contributed by atoms with Crippen LogP contribution >= 0.6 is 0 Å². The molecule has 4 aromatic rings. The third kappa shape index (κ3) is 3.73. The zero-order valence-corrected chi connectivity index (χ0v) is 14.8. The topological polar surface area (TPSA) is 90.1 Å². The summed E-state index contributed by atoms with van der Waals surface area (Å²) < 4.78 is 7.22. The summed E-state index contributed by atoms with van der Waals surface area (Å²) in [5.41, 5.74) is 2.08. The van der Waals surface area contributed by atoms with Crippen molar-refractivity contribution in [3.05, 3.63) is 90.4 Å². The number of nitrogens with zero attached hydrogens (tertiary/aromatic N) is 4. The number of aromatic nitrogens is 4. The number of carboxylic acids is 1. The van der Waals surface area contributed by atoms with Crippen LogP contribution in [0.25, 0.3) is 17.2 Å². The number of carbonyl (C=O) groups is 1. The van der Waals surface area contributed by atoms with E-state index in [2.05, 4.69) is 15.1 Å². The Kier molecular flexibility index (Phi) is 4.79. The van der Waals surface area contributed by atoms with E-state index < -0.39 is 5.97 Å². The van der Waals surface area contributed by atoms with Crippen LogP contribution in [0.2, 0.25) is 0 Å². The van der Waals surface area contributed by atoms with Gasteiger partial charge in [-0.15, -0.1) is 0 Å². The summed E-state index contributed by atoms with van der Waals surface area (Å²) >= 11 is 0. The fraction of sp³-hybridized carbons (Fsp3) is 0.0476. The first kappa shape index (κ1) is 17.4. The van der Waals surface area contributed by atoms with E-state index in [0.29, 0.717) is 29.6 Å². The number of ether oxygens (including phenoxy) is 1. The maximum Gasteiger partial charge on any atom is 0.356 e. The Morgan fingerprint density at radius 2 is 1.82 bits per heavy atom. The van der Waals surface area contributed by atoms with Crippen molar-refractivity contribution in [2.45, 2.75) is 6.61 Å². The van der Waals surface area contributed by atoms with Gasteiger partial charge in [-0.25, -0.2) is 14.5 Å². The van der Waals surface area contributed by atoms with Crippen molar-refractivity contribution >= 4 is 5.97 Å². The Hall–Kier alpha value is -4.00. The summed E-state index contributed by atoms with van der Waals surface area (Å²) in [6, 6.07) is 20.2. The molecule has 3 aromatic heterocycles.